The molecule has 0 aliphatic heterocycles. The third-order valence-corrected chi connectivity index (χ3v) is 5.92. The normalized spacial score (nSPS) is 17.8. The van der Waals surface area contributed by atoms with Crippen molar-refractivity contribution in [3.63, 3.8) is 0 Å². The van der Waals surface area contributed by atoms with Crippen LogP contribution in [0.4, 0.5) is 5.69 Å². The van der Waals surface area contributed by atoms with Gasteiger partial charge in [0.1, 0.15) is 5.75 Å². The lowest BCUT2D eigenvalue weighted by Gasteiger charge is -2.19. The number of hydrogen-bond acceptors (Lipinski definition) is 3. The smallest absolute Gasteiger partial charge is 0.255 e. The highest BCUT2D eigenvalue weighted by Crippen LogP contribution is 2.48. The lowest BCUT2D eigenvalue weighted by atomic mass is 9.94. The summed E-state index contributed by atoms with van der Waals surface area (Å²) in [6.45, 7) is 0. The van der Waals surface area contributed by atoms with Crippen LogP contribution < -0.4 is 15.4 Å². The first-order chi connectivity index (χ1) is 13.6. The lowest BCUT2D eigenvalue weighted by molar-refractivity contribution is -0.124. The number of hydrogen-bond donors (Lipinski definition) is 2. The van der Waals surface area contributed by atoms with E-state index in [0.29, 0.717) is 17.4 Å². The Bertz CT molecular complexity index is 848. The maximum absolute atomic E-state index is 12.8. The van der Waals surface area contributed by atoms with Gasteiger partial charge in [-0.25, -0.2) is 0 Å². The van der Waals surface area contributed by atoms with Crippen molar-refractivity contribution in [3.8, 4) is 5.75 Å². The monoisotopic (exact) mass is 378 g/mol. The van der Waals surface area contributed by atoms with Gasteiger partial charge in [-0.05, 0) is 67.6 Å². The van der Waals surface area contributed by atoms with E-state index in [2.05, 4.69) is 10.6 Å². The molecular formula is C23H26N2O3. The topological polar surface area (TPSA) is 67.4 Å². The maximum Gasteiger partial charge on any atom is 0.255 e. The van der Waals surface area contributed by atoms with Crippen molar-refractivity contribution in [2.75, 3.05) is 12.4 Å². The Balaban J connectivity index is 1.40. The van der Waals surface area contributed by atoms with Crippen molar-refractivity contribution in [1.29, 1.82) is 0 Å². The predicted molar refractivity (Wildman–Crippen MR) is 109 cm³/mol. The molecule has 2 aromatic rings. The second-order valence-electron chi connectivity index (χ2n) is 7.80. The van der Waals surface area contributed by atoms with Crippen LogP contribution in [-0.4, -0.2) is 25.0 Å². The Morgan fingerprint density at radius 1 is 0.964 bits per heavy atom. The molecule has 2 saturated carbocycles. The number of amides is 2. The summed E-state index contributed by atoms with van der Waals surface area (Å²) in [5.74, 6) is 0.705. The molecule has 2 fully saturated rings. The van der Waals surface area contributed by atoms with Gasteiger partial charge in [0.2, 0.25) is 5.91 Å². The largest absolute Gasteiger partial charge is 0.497 e. The molecule has 0 radical (unpaired) electrons. The Labute approximate surface area is 165 Å². The molecule has 2 aromatic carbocycles. The molecule has 0 unspecified atom stereocenters. The van der Waals surface area contributed by atoms with Crippen molar-refractivity contribution in [1.82, 2.24) is 5.32 Å². The van der Waals surface area contributed by atoms with Crippen LogP contribution in [0.5, 0.6) is 5.75 Å². The zero-order chi connectivity index (χ0) is 19.6. The maximum atomic E-state index is 12.8. The summed E-state index contributed by atoms with van der Waals surface area (Å²) in [4.78, 5) is 25.2. The molecular weight excluding hydrogens is 352 g/mol. The summed E-state index contributed by atoms with van der Waals surface area (Å²) in [5, 5.41) is 6.14. The first kappa shape index (κ1) is 18.5. The van der Waals surface area contributed by atoms with Crippen LogP contribution in [0.15, 0.2) is 48.5 Å². The molecule has 2 aliphatic rings. The second kappa shape index (κ2) is 7.66. The Morgan fingerprint density at radius 2 is 1.61 bits per heavy atom. The van der Waals surface area contributed by atoms with E-state index in [1.165, 1.54) is 12.8 Å². The molecule has 0 bridgehead atoms. The molecule has 28 heavy (non-hydrogen) atoms. The number of carbonyl (C=O) groups excluding carboxylic acids is 2. The molecule has 146 valence electrons. The third kappa shape index (κ3) is 3.75. The van der Waals surface area contributed by atoms with Crippen molar-refractivity contribution in [2.24, 2.45) is 0 Å². The minimum Gasteiger partial charge on any atom is -0.497 e. The molecule has 2 N–H and O–H groups in total. The molecule has 0 saturated heterocycles. The summed E-state index contributed by atoms with van der Waals surface area (Å²) < 4.78 is 5.11. The fourth-order valence-corrected chi connectivity index (χ4v) is 3.98. The minimum absolute atomic E-state index is 0.161. The van der Waals surface area contributed by atoms with Gasteiger partial charge in [0.15, 0.2) is 0 Å². The number of nitrogens with one attached hydrogen (secondary N) is 2. The van der Waals surface area contributed by atoms with Crippen LogP contribution in [0.1, 0.15) is 54.4 Å². The molecule has 0 heterocycles. The van der Waals surface area contributed by atoms with Crippen LogP contribution in [0.2, 0.25) is 0 Å². The fourth-order valence-electron chi connectivity index (χ4n) is 3.98. The number of carbonyl (C=O) groups is 2. The van der Waals surface area contributed by atoms with Gasteiger partial charge >= 0.3 is 0 Å². The van der Waals surface area contributed by atoms with E-state index in [1.807, 2.05) is 24.3 Å². The number of anilines is 1. The first-order valence-corrected chi connectivity index (χ1v) is 9.98. The Kier molecular flexibility index (Phi) is 5.07. The first-order valence-electron chi connectivity index (χ1n) is 9.98. The van der Waals surface area contributed by atoms with Crippen LogP contribution in [0, 0.1) is 0 Å². The fraction of sp³-hybridized carbons (Fsp3) is 0.391. The molecule has 0 aromatic heterocycles. The minimum atomic E-state index is -0.374. The standard InChI is InChI=1S/C23H26N2O3/c1-28-20-12-6-16(7-13-20)21(26)24-19-10-8-17(9-11-19)23(14-15-23)22(27)25-18-4-2-3-5-18/h6-13,18H,2-5,14-15H2,1H3,(H,24,26)(H,25,27). The summed E-state index contributed by atoms with van der Waals surface area (Å²) >= 11 is 0. The van der Waals surface area contributed by atoms with Gasteiger partial charge in [-0.3, -0.25) is 9.59 Å². The molecule has 2 aliphatic carbocycles. The van der Waals surface area contributed by atoms with E-state index in [4.69, 9.17) is 4.74 Å². The number of rotatable bonds is 6. The van der Waals surface area contributed by atoms with Crippen molar-refractivity contribution >= 4 is 17.5 Å². The number of benzene rings is 2. The van der Waals surface area contributed by atoms with Crippen LogP contribution in [-0.2, 0) is 10.2 Å². The lowest BCUT2D eigenvalue weighted by Crippen LogP contribution is -2.40. The van der Waals surface area contributed by atoms with Gasteiger partial charge in [-0.2, -0.15) is 0 Å². The van der Waals surface area contributed by atoms with E-state index < -0.39 is 0 Å². The molecule has 5 heteroatoms. The highest BCUT2D eigenvalue weighted by molar-refractivity contribution is 6.04. The zero-order valence-corrected chi connectivity index (χ0v) is 16.2. The van der Waals surface area contributed by atoms with Gasteiger partial charge in [0, 0.05) is 17.3 Å². The van der Waals surface area contributed by atoms with Crippen molar-refractivity contribution < 1.29 is 14.3 Å². The molecule has 0 atom stereocenters. The van der Waals surface area contributed by atoms with E-state index in [1.54, 1.807) is 31.4 Å². The number of ether oxygens (including phenoxy) is 1. The van der Waals surface area contributed by atoms with Gasteiger partial charge in [0.25, 0.3) is 5.91 Å². The van der Waals surface area contributed by atoms with Crippen molar-refractivity contribution in [2.45, 2.75) is 50.0 Å². The summed E-state index contributed by atoms with van der Waals surface area (Å²) in [7, 11) is 1.59. The highest BCUT2D eigenvalue weighted by Gasteiger charge is 2.51. The average Bonchev–Trinajstić information content (AvgIpc) is 3.39. The zero-order valence-electron chi connectivity index (χ0n) is 16.2. The van der Waals surface area contributed by atoms with E-state index in [0.717, 1.165) is 36.9 Å². The Hall–Kier alpha value is -2.82. The van der Waals surface area contributed by atoms with Crippen molar-refractivity contribution in [3.05, 3.63) is 59.7 Å². The van der Waals surface area contributed by atoms with E-state index >= 15 is 0 Å². The third-order valence-electron chi connectivity index (χ3n) is 5.92. The van der Waals surface area contributed by atoms with E-state index in [-0.39, 0.29) is 17.2 Å². The summed E-state index contributed by atoms with van der Waals surface area (Å²) in [6, 6.07) is 15.0. The van der Waals surface area contributed by atoms with E-state index in [9.17, 15) is 9.59 Å². The summed E-state index contributed by atoms with van der Waals surface area (Å²) in [5.41, 5.74) is 1.95. The van der Waals surface area contributed by atoms with Crippen LogP contribution in [0.3, 0.4) is 0 Å². The SMILES string of the molecule is COc1ccc(C(=O)Nc2ccc(C3(C(=O)NC4CCCC4)CC3)cc2)cc1. The van der Waals surface area contributed by atoms with Gasteiger partial charge < -0.3 is 15.4 Å². The molecule has 2 amide bonds. The summed E-state index contributed by atoms with van der Waals surface area (Å²) in [6.07, 6.45) is 6.39. The van der Waals surface area contributed by atoms with Gasteiger partial charge in [-0.1, -0.05) is 25.0 Å². The van der Waals surface area contributed by atoms with Crippen LogP contribution in [0.25, 0.3) is 0 Å². The number of methoxy groups -OCH3 is 1. The average molecular weight is 378 g/mol. The molecule has 4 rings (SSSR count). The quantitative estimate of drug-likeness (QED) is 0.797. The van der Waals surface area contributed by atoms with Gasteiger partial charge in [0.05, 0.1) is 12.5 Å². The Morgan fingerprint density at radius 3 is 2.18 bits per heavy atom. The second-order valence-corrected chi connectivity index (χ2v) is 7.80. The predicted octanol–water partition coefficient (Wildman–Crippen LogP) is 4.04. The molecule has 0 spiro atoms. The highest BCUT2D eigenvalue weighted by atomic mass is 16.5. The van der Waals surface area contributed by atoms with Gasteiger partial charge in [-0.15, -0.1) is 0 Å². The van der Waals surface area contributed by atoms with Crippen LogP contribution >= 0.6 is 0 Å². The molecule has 5 nitrogen and oxygen atoms in total.